The molecule has 0 radical (unpaired) electrons. The minimum Gasteiger partial charge on any atom is -0.364 e. The Morgan fingerprint density at radius 3 is 2.67 bits per heavy atom. The number of aromatic nitrogens is 1. The standard InChI is InChI=1S/C7H8F3NO/c1-2-6-5(4-12-11-6)3-7(8,9)10/h4H,2-3H2,1H3. The number of aryl methyl sites for hydroxylation is 1. The Morgan fingerprint density at radius 2 is 2.17 bits per heavy atom. The zero-order valence-electron chi connectivity index (χ0n) is 6.48. The van der Waals surface area contributed by atoms with Crippen LogP contribution in [-0.4, -0.2) is 11.3 Å². The maximum absolute atomic E-state index is 11.9. The largest absolute Gasteiger partial charge is 0.393 e. The van der Waals surface area contributed by atoms with Crippen LogP contribution in [0, 0.1) is 0 Å². The first-order valence-corrected chi connectivity index (χ1v) is 3.52. The molecule has 1 heterocycles. The molecule has 0 spiro atoms. The van der Waals surface area contributed by atoms with Crippen molar-refractivity contribution in [1.29, 1.82) is 0 Å². The van der Waals surface area contributed by atoms with Crippen LogP contribution in [0.1, 0.15) is 18.2 Å². The highest BCUT2D eigenvalue weighted by molar-refractivity contribution is 5.15. The van der Waals surface area contributed by atoms with E-state index in [1.54, 1.807) is 6.92 Å². The molecule has 0 atom stereocenters. The molecule has 68 valence electrons. The summed E-state index contributed by atoms with van der Waals surface area (Å²) in [5.41, 5.74) is 0.511. The topological polar surface area (TPSA) is 26.0 Å². The van der Waals surface area contributed by atoms with Crippen molar-refractivity contribution in [2.45, 2.75) is 25.9 Å². The SMILES string of the molecule is CCc1nocc1CC(F)(F)F. The highest BCUT2D eigenvalue weighted by atomic mass is 19.4. The molecule has 0 bridgehead atoms. The Balaban J connectivity index is 2.75. The van der Waals surface area contributed by atoms with E-state index in [2.05, 4.69) is 9.68 Å². The summed E-state index contributed by atoms with van der Waals surface area (Å²) in [5, 5.41) is 3.44. The molecule has 1 rings (SSSR count). The molecule has 5 heteroatoms. The number of hydrogen-bond donors (Lipinski definition) is 0. The van der Waals surface area contributed by atoms with Gasteiger partial charge >= 0.3 is 6.18 Å². The van der Waals surface area contributed by atoms with E-state index in [-0.39, 0.29) is 5.56 Å². The van der Waals surface area contributed by atoms with Gasteiger partial charge in [-0.2, -0.15) is 13.2 Å². The van der Waals surface area contributed by atoms with E-state index in [1.165, 1.54) is 0 Å². The average molecular weight is 179 g/mol. The van der Waals surface area contributed by atoms with Gasteiger partial charge in [-0.25, -0.2) is 0 Å². The summed E-state index contributed by atoms with van der Waals surface area (Å²) in [4.78, 5) is 0. The van der Waals surface area contributed by atoms with Crippen LogP contribution < -0.4 is 0 Å². The van der Waals surface area contributed by atoms with Gasteiger partial charge in [0.1, 0.15) is 6.26 Å². The molecule has 0 N–H and O–H groups in total. The average Bonchev–Trinajstić information content (AvgIpc) is 2.31. The smallest absolute Gasteiger partial charge is 0.364 e. The van der Waals surface area contributed by atoms with Crippen molar-refractivity contribution in [3.8, 4) is 0 Å². The van der Waals surface area contributed by atoms with Crippen LogP contribution >= 0.6 is 0 Å². The highest BCUT2D eigenvalue weighted by Crippen LogP contribution is 2.22. The molecule has 12 heavy (non-hydrogen) atoms. The van der Waals surface area contributed by atoms with E-state index in [9.17, 15) is 13.2 Å². The van der Waals surface area contributed by atoms with E-state index in [1.807, 2.05) is 0 Å². The Bertz CT molecular complexity index is 253. The first-order valence-electron chi connectivity index (χ1n) is 3.52. The van der Waals surface area contributed by atoms with E-state index >= 15 is 0 Å². The normalized spacial score (nSPS) is 12.0. The molecule has 0 saturated carbocycles. The van der Waals surface area contributed by atoms with Gasteiger partial charge in [0.05, 0.1) is 12.1 Å². The molecule has 0 saturated heterocycles. The number of alkyl halides is 3. The molecule has 2 nitrogen and oxygen atoms in total. The molecule has 0 amide bonds. The molecular formula is C7H8F3NO. The first-order chi connectivity index (χ1) is 5.53. The Labute approximate surface area is 67.4 Å². The molecule has 0 aliphatic heterocycles. The van der Waals surface area contributed by atoms with Crippen LogP contribution in [0.4, 0.5) is 13.2 Å². The summed E-state index contributed by atoms with van der Waals surface area (Å²) >= 11 is 0. The fraction of sp³-hybridized carbons (Fsp3) is 0.571. The van der Waals surface area contributed by atoms with E-state index < -0.39 is 12.6 Å². The Morgan fingerprint density at radius 1 is 1.50 bits per heavy atom. The van der Waals surface area contributed by atoms with Gasteiger partial charge in [0.15, 0.2) is 0 Å². The maximum atomic E-state index is 11.9. The molecule has 0 aliphatic rings. The van der Waals surface area contributed by atoms with Crippen molar-refractivity contribution in [3.63, 3.8) is 0 Å². The fourth-order valence-electron chi connectivity index (χ4n) is 0.931. The second-order valence-electron chi connectivity index (χ2n) is 2.43. The van der Waals surface area contributed by atoms with Crippen LogP contribution in [0.5, 0.6) is 0 Å². The summed E-state index contributed by atoms with van der Waals surface area (Å²) in [7, 11) is 0. The van der Waals surface area contributed by atoms with Gasteiger partial charge in [-0.3, -0.25) is 0 Å². The van der Waals surface area contributed by atoms with Crippen molar-refractivity contribution in [2.24, 2.45) is 0 Å². The minimum absolute atomic E-state index is 0.130. The lowest BCUT2D eigenvalue weighted by atomic mass is 10.1. The number of hydrogen-bond acceptors (Lipinski definition) is 2. The van der Waals surface area contributed by atoms with Crippen molar-refractivity contribution >= 4 is 0 Å². The summed E-state index contributed by atoms with van der Waals surface area (Å²) < 4.78 is 40.0. The zero-order chi connectivity index (χ0) is 9.19. The van der Waals surface area contributed by atoms with E-state index in [4.69, 9.17) is 0 Å². The predicted octanol–water partition coefficient (Wildman–Crippen LogP) is 2.34. The molecule has 0 unspecified atom stereocenters. The molecule has 1 aromatic heterocycles. The number of halogens is 3. The predicted molar refractivity (Wildman–Crippen MR) is 35.6 cm³/mol. The highest BCUT2D eigenvalue weighted by Gasteiger charge is 2.29. The third-order valence-corrected chi connectivity index (χ3v) is 1.45. The van der Waals surface area contributed by atoms with Gasteiger partial charge in [0.2, 0.25) is 0 Å². The summed E-state index contributed by atoms with van der Waals surface area (Å²) in [6, 6.07) is 0. The zero-order valence-corrected chi connectivity index (χ0v) is 6.48. The third kappa shape index (κ3) is 2.25. The second-order valence-corrected chi connectivity index (χ2v) is 2.43. The quantitative estimate of drug-likeness (QED) is 0.696. The van der Waals surface area contributed by atoms with Crippen molar-refractivity contribution in [1.82, 2.24) is 5.16 Å². The van der Waals surface area contributed by atoms with E-state index in [0.717, 1.165) is 6.26 Å². The molecule has 0 aromatic carbocycles. The summed E-state index contributed by atoms with van der Waals surface area (Å²) in [5.74, 6) is 0. The van der Waals surface area contributed by atoms with Crippen LogP contribution in [0.3, 0.4) is 0 Å². The minimum atomic E-state index is -4.19. The van der Waals surface area contributed by atoms with Gasteiger partial charge in [-0.1, -0.05) is 12.1 Å². The summed E-state index contributed by atoms with van der Waals surface area (Å²) in [6.45, 7) is 1.73. The molecule has 1 aromatic rings. The lowest BCUT2D eigenvalue weighted by Crippen LogP contribution is -2.12. The molecule has 0 aliphatic carbocycles. The van der Waals surface area contributed by atoms with Crippen LogP contribution in [-0.2, 0) is 12.8 Å². The van der Waals surface area contributed by atoms with E-state index in [0.29, 0.717) is 12.1 Å². The van der Waals surface area contributed by atoms with Gasteiger partial charge in [0, 0.05) is 5.56 Å². The maximum Gasteiger partial charge on any atom is 0.393 e. The monoisotopic (exact) mass is 179 g/mol. The lowest BCUT2D eigenvalue weighted by molar-refractivity contribution is -0.127. The Hall–Kier alpha value is -1.00. The van der Waals surface area contributed by atoms with Crippen LogP contribution in [0.2, 0.25) is 0 Å². The van der Waals surface area contributed by atoms with Gasteiger partial charge < -0.3 is 4.52 Å². The van der Waals surface area contributed by atoms with Crippen molar-refractivity contribution < 1.29 is 17.7 Å². The second kappa shape index (κ2) is 3.16. The number of rotatable bonds is 2. The molecule has 0 fully saturated rings. The fourth-order valence-corrected chi connectivity index (χ4v) is 0.931. The van der Waals surface area contributed by atoms with Crippen LogP contribution in [0.25, 0.3) is 0 Å². The van der Waals surface area contributed by atoms with Gasteiger partial charge in [-0.15, -0.1) is 0 Å². The molecular weight excluding hydrogens is 171 g/mol. The van der Waals surface area contributed by atoms with Gasteiger partial charge in [0.25, 0.3) is 0 Å². The van der Waals surface area contributed by atoms with Crippen molar-refractivity contribution in [2.75, 3.05) is 0 Å². The summed E-state index contributed by atoms with van der Waals surface area (Å²) in [6.07, 6.45) is -3.64. The first kappa shape index (κ1) is 9.09. The van der Waals surface area contributed by atoms with Crippen LogP contribution in [0.15, 0.2) is 10.8 Å². The Kier molecular flexibility index (Phi) is 2.40. The lowest BCUT2D eigenvalue weighted by Gasteiger charge is -2.03. The van der Waals surface area contributed by atoms with Gasteiger partial charge in [-0.05, 0) is 6.42 Å². The third-order valence-electron chi connectivity index (χ3n) is 1.45. The number of nitrogens with zero attached hydrogens (tertiary/aromatic N) is 1. The van der Waals surface area contributed by atoms with Crippen molar-refractivity contribution in [3.05, 3.63) is 17.5 Å².